The summed E-state index contributed by atoms with van der Waals surface area (Å²) in [7, 11) is 0. The minimum absolute atomic E-state index is 0.697. The molecule has 0 amide bonds. The van der Waals surface area contributed by atoms with Gasteiger partial charge in [-0.15, -0.1) is 0 Å². The molecule has 1 saturated heterocycles. The predicted octanol–water partition coefficient (Wildman–Crippen LogP) is 4.32. The molecule has 0 bridgehead atoms. The molecule has 0 aliphatic carbocycles. The lowest BCUT2D eigenvalue weighted by molar-refractivity contribution is 0.106. The van der Waals surface area contributed by atoms with Crippen molar-refractivity contribution in [3.63, 3.8) is 0 Å². The van der Waals surface area contributed by atoms with Crippen molar-refractivity contribution in [1.29, 1.82) is 0 Å². The van der Waals surface area contributed by atoms with Crippen LogP contribution in [0.4, 0.5) is 0 Å². The zero-order valence-electron chi connectivity index (χ0n) is 14.6. The van der Waals surface area contributed by atoms with Crippen molar-refractivity contribution in [1.82, 2.24) is 14.8 Å². The minimum Gasteiger partial charge on any atom is -0.361 e. The molecule has 0 atom stereocenters. The van der Waals surface area contributed by atoms with Crippen molar-refractivity contribution in [2.24, 2.45) is 0 Å². The molecule has 25 heavy (non-hydrogen) atoms. The molecule has 128 valence electrons. The first kappa shape index (κ1) is 15.2. The fourth-order valence-corrected chi connectivity index (χ4v) is 4.60. The first-order chi connectivity index (χ1) is 12.4. The first-order valence-electron chi connectivity index (χ1n) is 9.44. The van der Waals surface area contributed by atoms with E-state index in [1.807, 2.05) is 0 Å². The largest absolute Gasteiger partial charge is 0.361 e. The van der Waals surface area contributed by atoms with E-state index in [0.29, 0.717) is 5.92 Å². The normalized spacial score (nSPS) is 19.5. The van der Waals surface area contributed by atoms with Crippen molar-refractivity contribution in [2.45, 2.75) is 31.8 Å². The highest BCUT2D eigenvalue weighted by atomic mass is 15.3. The Morgan fingerprint density at radius 2 is 1.52 bits per heavy atom. The van der Waals surface area contributed by atoms with E-state index in [4.69, 9.17) is 0 Å². The number of rotatable bonds is 3. The van der Waals surface area contributed by atoms with Crippen LogP contribution >= 0.6 is 0 Å². The Morgan fingerprint density at radius 1 is 0.840 bits per heavy atom. The molecular weight excluding hydrogens is 306 g/mol. The van der Waals surface area contributed by atoms with Gasteiger partial charge in [-0.3, -0.25) is 9.80 Å². The maximum atomic E-state index is 3.44. The molecule has 1 aromatic heterocycles. The summed E-state index contributed by atoms with van der Waals surface area (Å²) in [5.74, 6) is 0.697. The molecule has 2 aliphatic heterocycles. The second-order valence-electron chi connectivity index (χ2n) is 7.58. The lowest BCUT2D eigenvalue weighted by Crippen LogP contribution is -2.40. The Bertz CT molecular complexity index is 849. The summed E-state index contributed by atoms with van der Waals surface area (Å²) in [5, 5.41) is 1.41. The lowest BCUT2D eigenvalue weighted by Gasteiger charge is -2.34. The third kappa shape index (κ3) is 2.88. The van der Waals surface area contributed by atoms with Gasteiger partial charge in [0.2, 0.25) is 0 Å². The smallest absolute Gasteiger partial charge is 0.0512 e. The van der Waals surface area contributed by atoms with E-state index in [9.17, 15) is 0 Å². The van der Waals surface area contributed by atoms with Gasteiger partial charge in [0.1, 0.15) is 0 Å². The number of aromatic nitrogens is 1. The number of piperidine rings is 1. The monoisotopic (exact) mass is 331 g/mol. The van der Waals surface area contributed by atoms with E-state index >= 15 is 0 Å². The highest BCUT2D eigenvalue weighted by molar-refractivity contribution is 5.83. The quantitative estimate of drug-likeness (QED) is 0.772. The van der Waals surface area contributed by atoms with Gasteiger partial charge >= 0.3 is 0 Å². The molecule has 2 aliphatic rings. The second kappa shape index (κ2) is 6.32. The van der Waals surface area contributed by atoms with E-state index in [2.05, 4.69) is 69.5 Å². The molecular formula is C22H25N3. The number of hydrogen-bond donors (Lipinski definition) is 1. The molecule has 3 heteroatoms. The summed E-state index contributed by atoms with van der Waals surface area (Å²) >= 11 is 0. The van der Waals surface area contributed by atoms with Gasteiger partial charge in [0.15, 0.2) is 0 Å². The molecule has 3 aromatic rings. The average molecular weight is 331 g/mol. The van der Waals surface area contributed by atoms with Gasteiger partial charge in [0, 0.05) is 30.2 Å². The Labute approximate surface area is 149 Å². The second-order valence-corrected chi connectivity index (χ2v) is 7.58. The lowest BCUT2D eigenvalue weighted by atomic mass is 9.89. The molecule has 3 nitrogen and oxygen atoms in total. The molecule has 0 spiro atoms. The number of likely N-dealkylation sites (tertiary alicyclic amines) is 1. The van der Waals surface area contributed by atoms with Crippen molar-refractivity contribution in [3.05, 3.63) is 71.4 Å². The maximum Gasteiger partial charge on any atom is 0.0512 e. The van der Waals surface area contributed by atoms with Crippen LogP contribution in [0.5, 0.6) is 0 Å². The van der Waals surface area contributed by atoms with Gasteiger partial charge < -0.3 is 4.98 Å². The van der Waals surface area contributed by atoms with Gasteiger partial charge in [-0.1, -0.05) is 42.5 Å². The first-order valence-corrected chi connectivity index (χ1v) is 9.44. The van der Waals surface area contributed by atoms with Crippen LogP contribution in [0.15, 0.2) is 54.7 Å². The number of nitrogens with one attached hydrogen (secondary N) is 1. The summed E-state index contributed by atoms with van der Waals surface area (Å²) < 4.78 is 0. The van der Waals surface area contributed by atoms with Crippen molar-refractivity contribution in [3.8, 4) is 0 Å². The standard InChI is InChI=1S/C22H25N3/c1-2-6-19-15-25(14-18(19)5-1)16-24-11-9-17(10-12-24)21-13-23-22-8-4-3-7-20(21)22/h1-8,13,17,23H,9-12,14-16H2. The summed E-state index contributed by atoms with van der Waals surface area (Å²) in [4.78, 5) is 8.66. The van der Waals surface area contributed by atoms with Gasteiger partial charge in [-0.2, -0.15) is 0 Å². The van der Waals surface area contributed by atoms with E-state index in [0.717, 1.165) is 19.8 Å². The summed E-state index contributed by atoms with van der Waals surface area (Å²) in [5.41, 5.74) is 5.81. The zero-order valence-corrected chi connectivity index (χ0v) is 14.6. The highest BCUT2D eigenvalue weighted by Gasteiger charge is 2.25. The molecule has 0 radical (unpaired) electrons. The van der Waals surface area contributed by atoms with E-state index in [1.165, 1.54) is 53.5 Å². The summed E-state index contributed by atoms with van der Waals surface area (Å²) in [6.07, 6.45) is 4.77. The Morgan fingerprint density at radius 3 is 2.28 bits per heavy atom. The van der Waals surface area contributed by atoms with Crippen LogP contribution in [0.3, 0.4) is 0 Å². The van der Waals surface area contributed by atoms with Crippen LogP contribution < -0.4 is 0 Å². The van der Waals surface area contributed by atoms with Gasteiger partial charge in [-0.05, 0) is 54.6 Å². The Hall–Kier alpha value is -2.10. The Kier molecular flexibility index (Phi) is 3.84. The van der Waals surface area contributed by atoms with E-state index in [1.54, 1.807) is 0 Å². The van der Waals surface area contributed by atoms with Crippen molar-refractivity contribution < 1.29 is 0 Å². The third-order valence-corrected chi connectivity index (χ3v) is 5.95. The van der Waals surface area contributed by atoms with Crippen LogP contribution in [-0.4, -0.2) is 34.5 Å². The fourth-order valence-electron chi connectivity index (χ4n) is 4.60. The molecule has 3 heterocycles. The van der Waals surface area contributed by atoms with Crippen molar-refractivity contribution in [2.75, 3.05) is 19.8 Å². The summed E-state index contributed by atoms with van der Waals surface area (Å²) in [6, 6.07) is 17.6. The minimum atomic E-state index is 0.697. The van der Waals surface area contributed by atoms with Crippen LogP contribution in [0.2, 0.25) is 0 Å². The van der Waals surface area contributed by atoms with Gasteiger partial charge in [-0.25, -0.2) is 0 Å². The number of hydrogen-bond acceptors (Lipinski definition) is 2. The van der Waals surface area contributed by atoms with Gasteiger partial charge in [0.25, 0.3) is 0 Å². The van der Waals surface area contributed by atoms with E-state index < -0.39 is 0 Å². The number of para-hydroxylation sites is 1. The van der Waals surface area contributed by atoms with Crippen molar-refractivity contribution >= 4 is 10.9 Å². The topological polar surface area (TPSA) is 22.3 Å². The van der Waals surface area contributed by atoms with Crippen LogP contribution in [0.1, 0.15) is 35.4 Å². The number of aromatic amines is 1. The SMILES string of the molecule is c1ccc2c(c1)CN(CN1CCC(c3c[nH]c4ccccc34)CC1)C2. The molecule has 0 saturated carbocycles. The summed E-state index contributed by atoms with van der Waals surface area (Å²) in [6.45, 7) is 5.74. The number of benzene rings is 2. The molecule has 2 aromatic carbocycles. The van der Waals surface area contributed by atoms with E-state index in [-0.39, 0.29) is 0 Å². The maximum absolute atomic E-state index is 3.44. The third-order valence-electron chi connectivity index (χ3n) is 5.95. The number of nitrogens with zero attached hydrogens (tertiary/aromatic N) is 2. The highest BCUT2D eigenvalue weighted by Crippen LogP contribution is 2.33. The molecule has 1 fully saturated rings. The average Bonchev–Trinajstić information content (AvgIpc) is 3.26. The fraction of sp³-hybridized carbons (Fsp3) is 0.364. The zero-order chi connectivity index (χ0) is 16.6. The van der Waals surface area contributed by atoms with Crippen LogP contribution in [0, 0.1) is 0 Å². The Balaban J connectivity index is 1.21. The number of fused-ring (bicyclic) bond motifs is 2. The predicted molar refractivity (Wildman–Crippen MR) is 102 cm³/mol. The molecule has 5 rings (SSSR count). The van der Waals surface area contributed by atoms with Crippen LogP contribution in [0.25, 0.3) is 10.9 Å². The number of H-pyrrole nitrogens is 1. The molecule has 1 N–H and O–H groups in total. The van der Waals surface area contributed by atoms with Gasteiger partial charge in [0.05, 0.1) is 6.67 Å². The molecule has 0 unspecified atom stereocenters. The van der Waals surface area contributed by atoms with Crippen LogP contribution in [-0.2, 0) is 13.1 Å².